The quantitative estimate of drug-likeness (QED) is 0.654. The molecule has 27 heavy (non-hydrogen) atoms. The highest BCUT2D eigenvalue weighted by atomic mass is 32.2. The monoisotopic (exact) mass is 389 g/mol. The second-order valence-corrected chi connectivity index (χ2v) is 7.30. The van der Waals surface area contributed by atoms with E-state index in [1.807, 2.05) is 13.0 Å². The second kappa shape index (κ2) is 7.79. The number of aromatic nitrogens is 2. The van der Waals surface area contributed by atoms with Crippen molar-refractivity contribution in [3.05, 3.63) is 23.4 Å². The van der Waals surface area contributed by atoms with Gasteiger partial charge >= 0.3 is 0 Å². The van der Waals surface area contributed by atoms with Gasteiger partial charge in [-0.2, -0.15) is 0 Å². The van der Waals surface area contributed by atoms with E-state index in [2.05, 4.69) is 33.3 Å². The topological polar surface area (TPSA) is 92.9 Å². The Balaban J connectivity index is 1.73. The average Bonchev–Trinajstić information content (AvgIpc) is 3.04. The van der Waals surface area contributed by atoms with Crippen LogP contribution in [0.25, 0.3) is 0 Å². The number of benzene rings is 1. The third kappa shape index (κ3) is 3.50. The van der Waals surface area contributed by atoms with Crippen molar-refractivity contribution in [2.45, 2.75) is 36.9 Å². The van der Waals surface area contributed by atoms with Gasteiger partial charge in [0.2, 0.25) is 0 Å². The van der Waals surface area contributed by atoms with Crippen LogP contribution in [0.3, 0.4) is 0 Å². The molecule has 2 aliphatic heterocycles. The van der Waals surface area contributed by atoms with Crippen LogP contribution in [-0.2, 0) is 13.0 Å². The maximum absolute atomic E-state index is 9.05. The van der Waals surface area contributed by atoms with Crippen LogP contribution in [-0.4, -0.2) is 46.9 Å². The summed E-state index contributed by atoms with van der Waals surface area (Å²) in [5.74, 6) is 2.52. The number of aliphatic imine (C=N–C) groups is 1. The molecule has 4 rings (SSSR count). The molecule has 0 saturated heterocycles. The van der Waals surface area contributed by atoms with Crippen molar-refractivity contribution in [3.63, 3.8) is 0 Å². The summed E-state index contributed by atoms with van der Waals surface area (Å²) >= 11 is 1.60. The number of imidazole rings is 1. The number of ether oxygens (including phenoxy) is 2. The standard InChI is InChI=1S/C18H23N5O3S/c1-3-12-8-13-14(26-7-6-25-13)9-15(12)27-18-22-16-11(2)19-10-20-17(16)23(18)5-4-21-24/h8-9,20-21,24H,3-7,10H2,1-2H3. The first kappa shape index (κ1) is 18.1. The predicted molar refractivity (Wildman–Crippen MR) is 104 cm³/mol. The number of hydrogen-bond acceptors (Lipinski definition) is 8. The minimum absolute atomic E-state index is 0.427. The highest BCUT2D eigenvalue weighted by Crippen LogP contribution is 2.41. The Morgan fingerprint density at radius 2 is 2.07 bits per heavy atom. The zero-order chi connectivity index (χ0) is 18.8. The van der Waals surface area contributed by atoms with E-state index in [1.165, 1.54) is 5.56 Å². The number of nitrogens with one attached hydrogen (secondary N) is 2. The Labute approximate surface area is 161 Å². The van der Waals surface area contributed by atoms with E-state index in [0.717, 1.165) is 45.2 Å². The number of aryl methyl sites for hydroxylation is 1. The van der Waals surface area contributed by atoms with Crippen LogP contribution in [0.4, 0.5) is 5.82 Å². The van der Waals surface area contributed by atoms with Crippen molar-refractivity contribution in [2.75, 3.05) is 31.7 Å². The molecule has 2 aliphatic rings. The molecule has 144 valence electrons. The molecule has 0 atom stereocenters. The molecule has 0 radical (unpaired) electrons. The molecule has 1 aromatic carbocycles. The summed E-state index contributed by atoms with van der Waals surface area (Å²) in [4.78, 5) is 10.3. The third-order valence-corrected chi connectivity index (χ3v) is 5.69. The van der Waals surface area contributed by atoms with E-state index in [4.69, 9.17) is 19.7 Å². The lowest BCUT2D eigenvalue weighted by atomic mass is 10.1. The Kier molecular flexibility index (Phi) is 5.24. The molecule has 2 aromatic rings. The number of hydroxylamine groups is 1. The van der Waals surface area contributed by atoms with Gasteiger partial charge in [0, 0.05) is 18.0 Å². The van der Waals surface area contributed by atoms with E-state index < -0.39 is 0 Å². The van der Waals surface area contributed by atoms with Crippen LogP contribution in [0.2, 0.25) is 0 Å². The summed E-state index contributed by atoms with van der Waals surface area (Å²) < 4.78 is 13.5. The van der Waals surface area contributed by atoms with Gasteiger partial charge in [-0.05, 0) is 31.0 Å². The summed E-state index contributed by atoms with van der Waals surface area (Å²) in [5, 5.41) is 13.2. The van der Waals surface area contributed by atoms with Crippen molar-refractivity contribution in [1.82, 2.24) is 15.0 Å². The molecule has 3 N–H and O–H groups in total. The van der Waals surface area contributed by atoms with Gasteiger partial charge in [0.15, 0.2) is 16.7 Å². The van der Waals surface area contributed by atoms with Gasteiger partial charge in [-0.1, -0.05) is 18.7 Å². The summed E-state index contributed by atoms with van der Waals surface area (Å²) in [6.07, 6.45) is 0.885. The number of nitrogens with zero attached hydrogens (tertiary/aromatic N) is 3. The molecular weight excluding hydrogens is 366 g/mol. The zero-order valence-electron chi connectivity index (χ0n) is 15.4. The molecule has 0 unspecified atom stereocenters. The molecule has 0 amide bonds. The normalized spacial score (nSPS) is 15.1. The van der Waals surface area contributed by atoms with Crippen molar-refractivity contribution in [1.29, 1.82) is 0 Å². The lowest BCUT2D eigenvalue weighted by Crippen LogP contribution is -2.20. The summed E-state index contributed by atoms with van der Waals surface area (Å²) in [6, 6.07) is 4.10. The lowest BCUT2D eigenvalue weighted by molar-refractivity contribution is 0.162. The van der Waals surface area contributed by atoms with Crippen molar-refractivity contribution < 1.29 is 14.7 Å². The number of anilines is 1. The van der Waals surface area contributed by atoms with Gasteiger partial charge < -0.3 is 24.6 Å². The van der Waals surface area contributed by atoms with Crippen LogP contribution >= 0.6 is 11.8 Å². The fourth-order valence-electron chi connectivity index (χ4n) is 3.20. The summed E-state index contributed by atoms with van der Waals surface area (Å²) in [6.45, 7) is 6.79. The van der Waals surface area contributed by atoms with E-state index in [1.54, 1.807) is 11.8 Å². The van der Waals surface area contributed by atoms with Crippen LogP contribution in [0.1, 0.15) is 25.1 Å². The number of hydrogen-bond donors (Lipinski definition) is 3. The Bertz CT molecular complexity index is 880. The van der Waals surface area contributed by atoms with Gasteiger partial charge in [-0.15, -0.1) is 0 Å². The van der Waals surface area contributed by atoms with Crippen molar-refractivity contribution in [3.8, 4) is 11.5 Å². The van der Waals surface area contributed by atoms with E-state index in [-0.39, 0.29) is 0 Å². The fourth-order valence-corrected chi connectivity index (χ4v) is 4.33. The van der Waals surface area contributed by atoms with E-state index in [0.29, 0.717) is 33.0 Å². The molecule has 9 heteroatoms. The second-order valence-electron chi connectivity index (χ2n) is 6.29. The number of rotatable bonds is 6. The third-order valence-electron chi connectivity index (χ3n) is 4.59. The van der Waals surface area contributed by atoms with Gasteiger partial charge in [-0.3, -0.25) is 4.99 Å². The van der Waals surface area contributed by atoms with Gasteiger partial charge in [0.25, 0.3) is 0 Å². The highest BCUT2D eigenvalue weighted by Gasteiger charge is 2.23. The number of fused-ring (bicyclic) bond motifs is 2. The van der Waals surface area contributed by atoms with Crippen molar-refractivity contribution >= 4 is 23.3 Å². The molecular formula is C18H23N5O3S. The molecule has 3 heterocycles. The summed E-state index contributed by atoms with van der Waals surface area (Å²) in [7, 11) is 0. The molecule has 0 aliphatic carbocycles. The summed E-state index contributed by atoms with van der Waals surface area (Å²) in [5.41, 5.74) is 5.19. The first-order valence-corrected chi connectivity index (χ1v) is 9.86. The lowest BCUT2D eigenvalue weighted by Gasteiger charge is -2.21. The van der Waals surface area contributed by atoms with Gasteiger partial charge in [0.1, 0.15) is 31.4 Å². The Morgan fingerprint density at radius 3 is 2.81 bits per heavy atom. The highest BCUT2D eigenvalue weighted by molar-refractivity contribution is 7.99. The van der Waals surface area contributed by atoms with Crippen LogP contribution in [0.5, 0.6) is 11.5 Å². The minimum atomic E-state index is 0.427. The maximum atomic E-state index is 9.05. The van der Waals surface area contributed by atoms with Crippen LogP contribution in [0, 0.1) is 0 Å². The first-order valence-electron chi connectivity index (χ1n) is 9.04. The molecule has 0 bridgehead atoms. The Morgan fingerprint density at radius 1 is 1.30 bits per heavy atom. The average molecular weight is 389 g/mol. The van der Waals surface area contributed by atoms with Crippen LogP contribution < -0.4 is 20.3 Å². The molecule has 1 aromatic heterocycles. The Hall–Kier alpha value is -2.23. The largest absolute Gasteiger partial charge is 0.486 e. The molecule has 0 spiro atoms. The predicted octanol–water partition coefficient (Wildman–Crippen LogP) is 2.54. The zero-order valence-corrected chi connectivity index (χ0v) is 16.2. The fraction of sp³-hybridized carbons (Fsp3) is 0.444. The van der Waals surface area contributed by atoms with Gasteiger partial charge in [0.05, 0.1) is 5.71 Å². The minimum Gasteiger partial charge on any atom is -0.486 e. The maximum Gasteiger partial charge on any atom is 0.175 e. The van der Waals surface area contributed by atoms with Crippen LogP contribution in [0.15, 0.2) is 27.2 Å². The molecule has 0 fully saturated rings. The molecule has 0 saturated carbocycles. The van der Waals surface area contributed by atoms with Gasteiger partial charge in [-0.25, -0.2) is 10.5 Å². The molecule has 8 nitrogen and oxygen atoms in total. The smallest absolute Gasteiger partial charge is 0.175 e. The van der Waals surface area contributed by atoms with E-state index in [9.17, 15) is 0 Å². The van der Waals surface area contributed by atoms with E-state index >= 15 is 0 Å². The van der Waals surface area contributed by atoms with Crippen molar-refractivity contribution in [2.24, 2.45) is 4.99 Å². The first-order chi connectivity index (χ1) is 13.2. The SMILES string of the molecule is CCc1cc2c(cc1Sc1nc3c(n1CCNO)NCN=C3C)OCCO2.